The van der Waals surface area contributed by atoms with E-state index < -0.39 is 0 Å². The summed E-state index contributed by atoms with van der Waals surface area (Å²) in [5, 5.41) is 3.15. The maximum Gasteiger partial charge on any atom is 0.253 e. The summed E-state index contributed by atoms with van der Waals surface area (Å²) in [6, 6.07) is 2.46. The van der Waals surface area contributed by atoms with Gasteiger partial charge in [0, 0.05) is 24.8 Å². The van der Waals surface area contributed by atoms with E-state index in [-0.39, 0.29) is 11.9 Å². The number of amides is 1. The molecule has 5 heteroatoms. The number of rotatable bonds is 2. The fourth-order valence-corrected chi connectivity index (χ4v) is 3.28. The summed E-state index contributed by atoms with van der Waals surface area (Å²) < 4.78 is 0. The van der Waals surface area contributed by atoms with Crippen LogP contribution in [0, 0.1) is 0 Å². The minimum atomic E-state index is -0.0719. The van der Waals surface area contributed by atoms with Crippen molar-refractivity contribution in [3.05, 3.63) is 24.0 Å². The number of piperidine rings is 1. The predicted octanol–water partition coefficient (Wildman–Crippen LogP) is 1.02. The number of hydrogen-bond acceptors (Lipinski definition) is 4. The van der Waals surface area contributed by atoms with E-state index in [9.17, 15) is 4.79 Å². The fourth-order valence-electron chi connectivity index (χ4n) is 3.28. The van der Waals surface area contributed by atoms with E-state index in [4.69, 9.17) is 5.73 Å². The van der Waals surface area contributed by atoms with Gasteiger partial charge in [0.2, 0.25) is 0 Å². The molecule has 0 bridgehead atoms. The Morgan fingerprint density at radius 3 is 3.11 bits per heavy atom. The zero-order chi connectivity index (χ0) is 13.2. The van der Waals surface area contributed by atoms with Crippen LogP contribution >= 0.6 is 0 Å². The Balaban J connectivity index is 1.68. The van der Waals surface area contributed by atoms with E-state index in [2.05, 4.69) is 15.2 Å². The van der Waals surface area contributed by atoms with Crippen molar-refractivity contribution in [2.75, 3.05) is 18.8 Å². The molecular weight excluding hydrogens is 240 g/mol. The average Bonchev–Trinajstić information content (AvgIpc) is 2.83. The number of fused-ring (bicyclic) bond motifs is 1. The third kappa shape index (κ3) is 2.42. The van der Waals surface area contributed by atoms with Gasteiger partial charge in [0.15, 0.2) is 0 Å². The molecule has 0 aromatic carbocycles. The van der Waals surface area contributed by atoms with E-state index >= 15 is 0 Å². The highest BCUT2D eigenvalue weighted by molar-refractivity contribution is 5.99. The van der Waals surface area contributed by atoms with Crippen molar-refractivity contribution in [3.8, 4) is 0 Å². The molecule has 1 aromatic rings. The zero-order valence-corrected chi connectivity index (χ0v) is 11.0. The smallest absolute Gasteiger partial charge is 0.253 e. The molecule has 3 rings (SSSR count). The standard InChI is InChI=1S/C14H20N4O/c15-11-9-16-6-4-10(11)14(19)17-12-5-8-18-7-2-1-3-13(12)18/h4,6,9,12-13H,1-3,5,7-8,15H2,(H,17,19). The number of carbonyl (C=O) groups is 1. The van der Waals surface area contributed by atoms with Crippen molar-refractivity contribution in [1.82, 2.24) is 15.2 Å². The summed E-state index contributed by atoms with van der Waals surface area (Å²) in [5.41, 5.74) is 6.77. The molecule has 3 N–H and O–H groups in total. The van der Waals surface area contributed by atoms with Crippen molar-refractivity contribution in [3.63, 3.8) is 0 Å². The molecule has 3 heterocycles. The highest BCUT2D eigenvalue weighted by Crippen LogP contribution is 2.27. The Morgan fingerprint density at radius 1 is 1.37 bits per heavy atom. The number of aromatic nitrogens is 1. The second-order valence-corrected chi connectivity index (χ2v) is 5.43. The van der Waals surface area contributed by atoms with Crippen LogP contribution in [0.5, 0.6) is 0 Å². The number of nitrogen functional groups attached to an aromatic ring is 1. The maximum absolute atomic E-state index is 12.3. The van der Waals surface area contributed by atoms with Crippen molar-refractivity contribution < 1.29 is 4.79 Å². The molecule has 19 heavy (non-hydrogen) atoms. The van der Waals surface area contributed by atoms with Crippen LogP contribution in [0.4, 0.5) is 5.69 Å². The Morgan fingerprint density at radius 2 is 2.26 bits per heavy atom. The highest BCUT2D eigenvalue weighted by Gasteiger charge is 2.36. The minimum absolute atomic E-state index is 0.0719. The largest absolute Gasteiger partial charge is 0.397 e. The molecule has 2 aliphatic heterocycles. The van der Waals surface area contributed by atoms with E-state index in [0.717, 1.165) is 13.0 Å². The number of anilines is 1. The first kappa shape index (κ1) is 12.4. The average molecular weight is 260 g/mol. The number of nitrogens with two attached hydrogens (primary N) is 1. The Bertz CT molecular complexity index is 476. The van der Waals surface area contributed by atoms with Gasteiger partial charge >= 0.3 is 0 Å². The predicted molar refractivity (Wildman–Crippen MR) is 73.7 cm³/mol. The molecule has 2 unspecified atom stereocenters. The lowest BCUT2D eigenvalue weighted by Crippen LogP contribution is -2.46. The van der Waals surface area contributed by atoms with E-state index in [1.54, 1.807) is 12.3 Å². The summed E-state index contributed by atoms with van der Waals surface area (Å²) in [7, 11) is 0. The van der Waals surface area contributed by atoms with Gasteiger partial charge in [-0.1, -0.05) is 6.42 Å². The van der Waals surface area contributed by atoms with Crippen LogP contribution in [0.2, 0.25) is 0 Å². The quantitative estimate of drug-likeness (QED) is 0.833. The lowest BCUT2D eigenvalue weighted by Gasteiger charge is -2.32. The van der Waals surface area contributed by atoms with Gasteiger partial charge in [0.1, 0.15) is 0 Å². The first-order chi connectivity index (χ1) is 9.25. The van der Waals surface area contributed by atoms with Gasteiger partial charge in [-0.2, -0.15) is 0 Å². The van der Waals surface area contributed by atoms with Crippen molar-refractivity contribution in [2.45, 2.75) is 37.8 Å². The summed E-state index contributed by atoms with van der Waals surface area (Å²) in [4.78, 5) is 18.7. The molecule has 0 aliphatic carbocycles. The summed E-state index contributed by atoms with van der Waals surface area (Å²) in [6.45, 7) is 2.27. The molecule has 1 amide bonds. The van der Waals surface area contributed by atoms with Crippen LogP contribution in [0.3, 0.4) is 0 Å². The number of carbonyl (C=O) groups excluding carboxylic acids is 1. The third-order valence-corrected chi connectivity index (χ3v) is 4.27. The normalized spacial score (nSPS) is 26.9. The van der Waals surface area contributed by atoms with Gasteiger partial charge in [0.05, 0.1) is 17.4 Å². The van der Waals surface area contributed by atoms with Gasteiger partial charge in [0.25, 0.3) is 5.91 Å². The lowest BCUT2D eigenvalue weighted by atomic mass is 9.99. The Hall–Kier alpha value is -1.62. The van der Waals surface area contributed by atoms with Crippen molar-refractivity contribution in [1.29, 1.82) is 0 Å². The molecule has 2 saturated heterocycles. The second-order valence-electron chi connectivity index (χ2n) is 5.43. The van der Waals surface area contributed by atoms with E-state index in [1.165, 1.54) is 32.0 Å². The number of hydrogen-bond donors (Lipinski definition) is 2. The van der Waals surface area contributed by atoms with Gasteiger partial charge in [-0.05, 0) is 31.9 Å². The SMILES string of the molecule is Nc1cnccc1C(=O)NC1CCN2CCCCC12. The maximum atomic E-state index is 12.3. The molecular formula is C14H20N4O. The number of pyridine rings is 1. The Kier molecular flexibility index (Phi) is 3.38. The summed E-state index contributed by atoms with van der Waals surface area (Å²) >= 11 is 0. The fraction of sp³-hybridized carbons (Fsp3) is 0.571. The second kappa shape index (κ2) is 5.17. The minimum Gasteiger partial charge on any atom is -0.397 e. The lowest BCUT2D eigenvalue weighted by molar-refractivity contribution is 0.0916. The summed E-state index contributed by atoms with van der Waals surface area (Å²) in [6.07, 6.45) is 7.92. The van der Waals surface area contributed by atoms with Crippen LogP contribution in [0.1, 0.15) is 36.0 Å². The summed E-state index contributed by atoms with van der Waals surface area (Å²) in [5.74, 6) is -0.0719. The van der Waals surface area contributed by atoms with Crippen LogP contribution in [0.15, 0.2) is 18.5 Å². The van der Waals surface area contributed by atoms with Gasteiger partial charge in [-0.15, -0.1) is 0 Å². The molecule has 1 aromatic heterocycles. The molecule has 2 aliphatic rings. The molecule has 0 radical (unpaired) electrons. The third-order valence-electron chi connectivity index (χ3n) is 4.27. The monoisotopic (exact) mass is 260 g/mol. The van der Waals surface area contributed by atoms with Crippen molar-refractivity contribution >= 4 is 11.6 Å². The molecule has 2 atom stereocenters. The van der Waals surface area contributed by atoms with E-state index in [1.807, 2.05) is 0 Å². The first-order valence-corrected chi connectivity index (χ1v) is 7.00. The topological polar surface area (TPSA) is 71.2 Å². The van der Waals surface area contributed by atoms with Gasteiger partial charge < -0.3 is 11.1 Å². The molecule has 102 valence electrons. The van der Waals surface area contributed by atoms with Crippen LogP contribution < -0.4 is 11.1 Å². The van der Waals surface area contributed by atoms with Gasteiger partial charge in [-0.3, -0.25) is 14.7 Å². The number of nitrogens with one attached hydrogen (secondary N) is 1. The van der Waals surface area contributed by atoms with E-state index in [0.29, 0.717) is 17.3 Å². The van der Waals surface area contributed by atoms with Crippen LogP contribution in [0.25, 0.3) is 0 Å². The van der Waals surface area contributed by atoms with Crippen molar-refractivity contribution in [2.24, 2.45) is 0 Å². The number of nitrogens with zero attached hydrogens (tertiary/aromatic N) is 2. The van der Waals surface area contributed by atoms with Gasteiger partial charge in [-0.25, -0.2) is 0 Å². The molecule has 0 spiro atoms. The molecule has 0 saturated carbocycles. The van der Waals surface area contributed by atoms with Crippen LogP contribution in [-0.4, -0.2) is 41.0 Å². The molecule has 2 fully saturated rings. The Labute approximate surface area is 113 Å². The molecule has 5 nitrogen and oxygen atoms in total. The van der Waals surface area contributed by atoms with Crippen LogP contribution in [-0.2, 0) is 0 Å². The first-order valence-electron chi connectivity index (χ1n) is 7.00. The highest BCUT2D eigenvalue weighted by atomic mass is 16.1. The zero-order valence-electron chi connectivity index (χ0n) is 11.0.